The van der Waals surface area contributed by atoms with Crippen molar-refractivity contribution in [3.8, 4) is 5.75 Å². The maximum atomic E-state index is 12.5. The van der Waals surface area contributed by atoms with Gasteiger partial charge in [-0.25, -0.2) is 0 Å². The number of nitrogen functional groups attached to an aromatic ring is 2. The first-order valence-corrected chi connectivity index (χ1v) is 8.77. The Morgan fingerprint density at radius 2 is 1.84 bits per heavy atom. The van der Waals surface area contributed by atoms with Crippen LogP contribution in [0.5, 0.6) is 5.75 Å². The molecule has 134 valence electrons. The van der Waals surface area contributed by atoms with Crippen LogP contribution in [-0.4, -0.2) is 12.5 Å². The van der Waals surface area contributed by atoms with Crippen LogP contribution in [0, 0.1) is 0 Å². The summed E-state index contributed by atoms with van der Waals surface area (Å²) < 4.78 is 5.40. The number of amides is 1. The van der Waals surface area contributed by atoms with Crippen molar-refractivity contribution in [3.05, 3.63) is 46.0 Å². The zero-order valence-electron chi connectivity index (χ0n) is 14.7. The van der Waals surface area contributed by atoms with E-state index in [2.05, 4.69) is 5.32 Å². The molecule has 2 aromatic rings. The van der Waals surface area contributed by atoms with Crippen LogP contribution >= 0.6 is 11.3 Å². The Kier molecular flexibility index (Phi) is 5.93. The maximum Gasteiger partial charge on any atom is 0.263 e. The number of rotatable bonds is 6. The molecule has 7 N–H and O–H groups in total. The predicted molar refractivity (Wildman–Crippen MR) is 104 cm³/mol. The van der Waals surface area contributed by atoms with E-state index in [1.165, 1.54) is 11.3 Å². The van der Waals surface area contributed by atoms with Crippen LogP contribution in [-0.2, 0) is 6.54 Å². The van der Waals surface area contributed by atoms with E-state index in [1.54, 1.807) is 6.92 Å². The standard InChI is InChI=1S/C18H24N4O2S/c1-4-24-13-7-5-12(6-8-13)9-22-18(23)16-15(20)14(17(21)25-16)10(2)11(3)19/h5-8H,4,9,19-21H2,1-3H3,(H,22,23)/b11-10-. The molecule has 0 spiro atoms. The first kappa shape index (κ1) is 18.7. The van der Waals surface area contributed by atoms with Gasteiger partial charge >= 0.3 is 0 Å². The lowest BCUT2D eigenvalue weighted by atomic mass is 10.1. The summed E-state index contributed by atoms with van der Waals surface area (Å²) in [7, 11) is 0. The number of carbonyl (C=O) groups excluding carboxylic acids is 1. The second-order valence-corrected chi connectivity index (χ2v) is 6.70. The van der Waals surface area contributed by atoms with E-state index in [0.717, 1.165) is 16.9 Å². The highest BCUT2D eigenvalue weighted by atomic mass is 32.1. The fourth-order valence-corrected chi connectivity index (χ4v) is 3.31. The molecule has 2 rings (SSSR count). The van der Waals surface area contributed by atoms with Crippen LogP contribution in [0.4, 0.5) is 10.7 Å². The number of ether oxygens (including phenoxy) is 1. The molecule has 0 aliphatic carbocycles. The van der Waals surface area contributed by atoms with Crippen LogP contribution in [0.25, 0.3) is 5.57 Å². The number of nitrogens with two attached hydrogens (primary N) is 3. The third kappa shape index (κ3) is 4.24. The van der Waals surface area contributed by atoms with Gasteiger partial charge in [0.05, 0.1) is 17.3 Å². The predicted octanol–water partition coefficient (Wildman–Crippen LogP) is 2.95. The molecule has 1 heterocycles. The lowest BCUT2D eigenvalue weighted by molar-refractivity contribution is 0.0956. The second kappa shape index (κ2) is 7.94. The van der Waals surface area contributed by atoms with Gasteiger partial charge in [0.15, 0.2) is 0 Å². The maximum absolute atomic E-state index is 12.5. The monoisotopic (exact) mass is 360 g/mol. The van der Waals surface area contributed by atoms with Gasteiger partial charge in [-0.05, 0) is 44.0 Å². The summed E-state index contributed by atoms with van der Waals surface area (Å²) in [6, 6.07) is 7.57. The summed E-state index contributed by atoms with van der Waals surface area (Å²) in [6.07, 6.45) is 0. The van der Waals surface area contributed by atoms with E-state index in [-0.39, 0.29) is 5.91 Å². The molecule has 0 radical (unpaired) electrons. The van der Waals surface area contributed by atoms with E-state index >= 15 is 0 Å². The van der Waals surface area contributed by atoms with Gasteiger partial charge in [-0.15, -0.1) is 11.3 Å². The van der Waals surface area contributed by atoms with E-state index in [0.29, 0.717) is 40.0 Å². The largest absolute Gasteiger partial charge is 0.494 e. The molecular formula is C18H24N4O2S. The Hall–Kier alpha value is -2.67. The lowest BCUT2D eigenvalue weighted by Gasteiger charge is -2.07. The van der Waals surface area contributed by atoms with Gasteiger partial charge in [0.2, 0.25) is 0 Å². The molecule has 0 aliphatic heterocycles. The van der Waals surface area contributed by atoms with Crippen molar-refractivity contribution < 1.29 is 9.53 Å². The smallest absolute Gasteiger partial charge is 0.263 e. The Labute approximate surface area is 151 Å². The molecule has 0 bridgehead atoms. The van der Waals surface area contributed by atoms with Crippen molar-refractivity contribution in [1.82, 2.24) is 5.32 Å². The average Bonchev–Trinajstić information content (AvgIpc) is 2.88. The molecular weight excluding hydrogens is 336 g/mol. The topological polar surface area (TPSA) is 116 Å². The van der Waals surface area contributed by atoms with Gasteiger partial charge < -0.3 is 27.3 Å². The lowest BCUT2D eigenvalue weighted by Crippen LogP contribution is -2.22. The quantitative estimate of drug-likeness (QED) is 0.632. The number of hydrogen-bond donors (Lipinski definition) is 4. The Morgan fingerprint density at radius 3 is 2.40 bits per heavy atom. The summed E-state index contributed by atoms with van der Waals surface area (Å²) in [5.74, 6) is 0.550. The van der Waals surface area contributed by atoms with E-state index < -0.39 is 0 Å². The molecule has 6 nitrogen and oxygen atoms in total. The third-order valence-electron chi connectivity index (χ3n) is 3.83. The molecule has 1 amide bonds. The molecule has 0 saturated carbocycles. The van der Waals surface area contributed by atoms with E-state index in [9.17, 15) is 4.79 Å². The number of nitrogens with one attached hydrogen (secondary N) is 1. The van der Waals surface area contributed by atoms with Crippen molar-refractivity contribution in [2.75, 3.05) is 18.1 Å². The highest BCUT2D eigenvalue weighted by molar-refractivity contribution is 7.18. The Bertz CT molecular complexity index is 790. The van der Waals surface area contributed by atoms with Gasteiger partial charge in [-0.2, -0.15) is 0 Å². The SMILES string of the molecule is CCOc1ccc(CNC(=O)c2sc(N)c(/C(C)=C(/C)N)c2N)cc1. The van der Waals surface area contributed by atoms with Crippen LogP contribution < -0.4 is 27.3 Å². The fourth-order valence-electron chi connectivity index (χ4n) is 2.35. The highest BCUT2D eigenvalue weighted by Crippen LogP contribution is 2.38. The summed E-state index contributed by atoms with van der Waals surface area (Å²) in [6.45, 7) is 6.56. The number of anilines is 2. The third-order valence-corrected chi connectivity index (χ3v) is 4.87. The zero-order valence-corrected chi connectivity index (χ0v) is 15.5. The normalized spacial score (nSPS) is 11.8. The number of allylic oxidation sites excluding steroid dienone is 2. The van der Waals surface area contributed by atoms with Crippen molar-refractivity contribution in [2.24, 2.45) is 5.73 Å². The van der Waals surface area contributed by atoms with Gasteiger partial charge in [0.25, 0.3) is 5.91 Å². The molecule has 1 aromatic heterocycles. The Balaban J connectivity index is 2.11. The molecule has 25 heavy (non-hydrogen) atoms. The summed E-state index contributed by atoms with van der Waals surface area (Å²) in [5, 5.41) is 3.36. The fraction of sp³-hybridized carbons (Fsp3) is 0.278. The minimum Gasteiger partial charge on any atom is -0.494 e. The molecule has 0 atom stereocenters. The molecule has 0 fully saturated rings. The van der Waals surface area contributed by atoms with Crippen LogP contribution in [0.3, 0.4) is 0 Å². The molecule has 0 saturated heterocycles. The van der Waals surface area contributed by atoms with Crippen LogP contribution in [0.15, 0.2) is 30.0 Å². The van der Waals surface area contributed by atoms with Crippen LogP contribution in [0.1, 0.15) is 41.6 Å². The number of benzene rings is 1. The number of hydrogen-bond acceptors (Lipinski definition) is 6. The average molecular weight is 360 g/mol. The zero-order chi connectivity index (χ0) is 18.6. The first-order valence-electron chi connectivity index (χ1n) is 7.96. The van der Waals surface area contributed by atoms with Crippen molar-refractivity contribution in [2.45, 2.75) is 27.3 Å². The van der Waals surface area contributed by atoms with E-state index in [4.69, 9.17) is 21.9 Å². The summed E-state index contributed by atoms with van der Waals surface area (Å²) in [5.41, 5.74) is 21.4. The van der Waals surface area contributed by atoms with Gasteiger partial charge in [0.1, 0.15) is 10.6 Å². The van der Waals surface area contributed by atoms with Gasteiger partial charge in [-0.3, -0.25) is 4.79 Å². The minimum absolute atomic E-state index is 0.253. The molecule has 1 aromatic carbocycles. The van der Waals surface area contributed by atoms with Gasteiger partial charge in [-0.1, -0.05) is 12.1 Å². The number of thiophene rings is 1. The van der Waals surface area contributed by atoms with E-state index in [1.807, 2.05) is 38.1 Å². The molecule has 7 heteroatoms. The summed E-state index contributed by atoms with van der Waals surface area (Å²) >= 11 is 1.17. The Morgan fingerprint density at radius 1 is 1.20 bits per heavy atom. The van der Waals surface area contributed by atoms with Crippen LogP contribution in [0.2, 0.25) is 0 Å². The van der Waals surface area contributed by atoms with Crippen molar-refractivity contribution in [3.63, 3.8) is 0 Å². The van der Waals surface area contributed by atoms with Crippen molar-refractivity contribution in [1.29, 1.82) is 0 Å². The van der Waals surface area contributed by atoms with Gasteiger partial charge in [0, 0.05) is 17.8 Å². The summed E-state index contributed by atoms with van der Waals surface area (Å²) in [4.78, 5) is 12.9. The molecule has 0 unspecified atom stereocenters. The second-order valence-electron chi connectivity index (χ2n) is 5.65. The first-order chi connectivity index (χ1) is 11.8. The minimum atomic E-state index is -0.253. The highest BCUT2D eigenvalue weighted by Gasteiger charge is 2.21. The van der Waals surface area contributed by atoms with Crippen molar-refractivity contribution >= 4 is 33.5 Å². The molecule has 0 aliphatic rings. The number of carbonyl (C=O) groups is 1.